The number of carbonyl (C=O) groups excluding carboxylic acids is 1. The number of carbonyl (C=O) groups is 1. The first-order valence-corrected chi connectivity index (χ1v) is 7.80. The third-order valence-electron chi connectivity index (χ3n) is 4.72. The maximum atomic E-state index is 12.7. The molecule has 114 valence electrons. The molecule has 1 heterocycles. The molecule has 0 aromatic heterocycles. The van der Waals surface area contributed by atoms with E-state index in [2.05, 4.69) is 24.3 Å². The average Bonchev–Trinajstić information content (AvgIpc) is 2.88. The van der Waals surface area contributed by atoms with Gasteiger partial charge in [-0.1, -0.05) is 11.6 Å². The SMILES string of the molecule is CNc1ccc(Cl)cc1C(=O)N1C[C@@H]2C(CN(C)C)[C@@H]2C1. The number of piperidine rings is 1. The van der Waals surface area contributed by atoms with E-state index >= 15 is 0 Å². The van der Waals surface area contributed by atoms with Gasteiger partial charge in [-0.25, -0.2) is 0 Å². The minimum absolute atomic E-state index is 0.0950. The monoisotopic (exact) mass is 307 g/mol. The fourth-order valence-electron chi connectivity index (χ4n) is 3.59. The summed E-state index contributed by atoms with van der Waals surface area (Å²) in [6.07, 6.45) is 0. The highest BCUT2D eigenvalue weighted by Crippen LogP contribution is 2.52. The average molecular weight is 308 g/mol. The van der Waals surface area contributed by atoms with Crippen molar-refractivity contribution in [1.82, 2.24) is 9.80 Å². The summed E-state index contributed by atoms with van der Waals surface area (Å²) in [6, 6.07) is 5.43. The summed E-state index contributed by atoms with van der Waals surface area (Å²) >= 11 is 6.04. The maximum Gasteiger partial charge on any atom is 0.256 e. The number of amides is 1. The van der Waals surface area contributed by atoms with Crippen LogP contribution < -0.4 is 5.32 Å². The molecule has 1 aromatic rings. The summed E-state index contributed by atoms with van der Waals surface area (Å²) in [5.41, 5.74) is 1.52. The van der Waals surface area contributed by atoms with Crippen molar-refractivity contribution < 1.29 is 4.79 Å². The molecule has 1 unspecified atom stereocenters. The fraction of sp³-hybridized carbons (Fsp3) is 0.562. The van der Waals surface area contributed by atoms with Gasteiger partial charge in [0.1, 0.15) is 0 Å². The first-order chi connectivity index (χ1) is 10.0. The molecule has 1 saturated heterocycles. The molecule has 4 nitrogen and oxygen atoms in total. The molecule has 1 saturated carbocycles. The summed E-state index contributed by atoms with van der Waals surface area (Å²) in [6.45, 7) is 2.91. The molecule has 3 rings (SSSR count). The van der Waals surface area contributed by atoms with E-state index in [1.807, 2.05) is 18.0 Å². The molecule has 3 atom stereocenters. The molecule has 1 aliphatic carbocycles. The van der Waals surface area contributed by atoms with E-state index in [1.54, 1.807) is 12.1 Å². The minimum Gasteiger partial charge on any atom is -0.387 e. The Labute approximate surface area is 131 Å². The largest absolute Gasteiger partial charge is 0.387 e. The van der Waals surface area contributed by atoms with Gasteiger partial charge in [0.15, 0.2) is 0 Å². The van der Waals surface area contributed by atoms with E-state index in [1.165, 1.54) is 0 Å². The summed E-state index contributed by atoms with van der Waals surface area (Å²) in [7, 11) is 6.05. The zero-order chi connectivity index (χ0) is 15.1. The number of nitrogens with zero attached hydrogens (tertiary/aromatic N) is 2. The molecule has 0 spiro atoms. The number of halogens is 1. The van der Waals surface area contributed by atoms with Crippen molar-refractivity contribution in [2.75, 3.05) is 46.1 Å². The fourth-order valence-corrected chi connectivity index (χ4v) is 3.76. The van der Waals surface area contributed by atoms with Crippen LogP contribution >= 0.6 is 11.6 Å². The highest BCUT2D eigenvalue weighted by atomic mass is 35.5. The second-order valence-electron chi connectivity index (χ2n) is 6.40. The Bertz CT molecular complexity index is 548. The van der Waals surface area contributed by atoms with Gasteiger partial charge in [-0.05, 0) is 50.0 Å². The van der Waals surface area contributed by atoms with E-state index in [0.29, 0.717) is 22.4 Å². The Morgan fingerprint density at radius 2 is 2.05 bits per heavy atom. The second kappa shape index (κ2) is 5.50. The van der Waals surface area contributed by atoms with Gasteiger partial charge in [-0.15, -0.1) is 0 Å². The molecule has 2 fully saturated rings. The van der Waals surface area contributed by atoms with Gasteiger partial charge < -0.3 is 15.1 Å². The van der Waals surface area contributed by atoms with Crippen molar-refractivity contribution >= 4 is 23.2 Å². The third kappa shape index (κ3) is 2.74. The van der Waals surface area contributed by atoms with Gasteiger partial charge in [0.05, 0.1) is 5.56 Å². The van der Waals surface area contributed by atoms with Crippen LogP contribution in [0, 0.1) is 17.8 Å². The molecule has 1 N–H and O–H groups in total. The summed E-state index contributed by atoms with van der Waals surface area (Å²) in [5.74, 6) is 2.24. The van der Waals surface area contributed by atoms with Crippen LogP contribution in [0.3, 0.4) is 0 Å². The lowest BCUT2D eigenvalue weighted by atomic mass is 10.1. The van der Waals surface area contributed by atoms with Crippen molar-refractivity contribution in [3.05, 3.63) is 28.8 Å². The van der Waals surface area contributed by atoms with Gasteiger partial charge >= 0.3 is 0 Å². The van der Waals surface area contributed by atoms with Crippen LogP contribution in [0.4, 0.5) is 5.69 Å². The lowest BCUT2D eigenvalue weighted by molar-refractivity contribution is 0.0766. The lowest BCUT2D eigenvalue weighted by Crippen LogP contribution is -2.33. The maximum absolute atomic E-state index is 12.7. The number of rotatable bonds is 4. The van der Waals surface area contributed by atoms with Crippen molar-refractivity contribution in [1.29, 1.82) is 0 Å². The molecule has 1 amide bonds. The van der Waals surface area contributed by atoms with E-state index in [9.17, 15) is 4.79 Å². The molecule has 1 aromatic carbocycles. The molecule has 0 radical (unpaired) electrons. The molecule has 0 bridgehead atoms. The molecule has 2 aliphatic rings. The van der Waals surface area contributed by atoms with E-state index in [-0.39, 0.29) is 5.91 Å². The van der Waals surface area contributed by atoms with Crippen molar-refractivity contribution in [2.24, 2.45) is 17.8 Å². The van der Waals surface area contributed by atoms with Gasteiger partial charge in [0.2, 0.25) is 0 Å². The van der Waals surface area contributed by atoms with E-state index in [0.717, 1.165) is 31.2 Å². The Morgan fingerprint density at radius 1 is 1.38 bits per heavy atom. The Morgan fingerprint density at radius 3 is 2.62 bits per heavy atom. The van der Waals surface area contributed by atoms with Crippen LogP contribution in [0.15, 0.2) is 18.2 Å². The van der Waals surface area contributed by atoms with Crippen LogP contribution in [0.1, 0.15) is 10.4 Å². The number of anilines is 1. The van der Waals surface area contributed by atoms with Gasteiger partial charge in [0.25, 0.3) is 5.91 Å². The Balaban J connectivity index is 1.68. The predicted molar refractivity (Wildman–Crippen MR) is 85.9 cm³/mol. The molecule has 1 aliphatic heterocycles. The first kappa shape index (κ1) is 14.7. The van der Waals surface area contributed by atoms with Crippen LogP contribution in [0.2, 0.25) is 5.02 Å². The number of nitrogens with one attached hydrogen (secondary N) is 1. The van der Waals surface area contributed by atoms with Crippen LogP contribution in [-0.2, 0) is 0 Å². The molecular formula is C16H22ClN3O. The highest BCUT2D eigenvalue weighted by molar-refractivity contribution is 6.31. The normalized spacial score (nSPS) is 26.9. The third-order valence-corrected chi connectivity index (χ3v) is 4.95. The number of hydrogen-bond donors (Lipinski definition) is 1. The lowest BCUT2D eigenvalue weighted by Gasteiger charge is -2.22. The number of hydrogen-bond acceptors (Lipinski definition) is 3. The summed E-state index contributed by atoms with van der Waals surface area (Å²) in [5, 5.41) is 3.68. The molecular weight excluding hydrogens is 286 g/mol. The Kier molecular flexibility index (Phi) is 3.84. The number of likely N-dealkylation sites (tertiary alicyclic amines) is 1. The van der Waals surface area contributed by atoms with Crippen molar-refractivity contribution in [2.45, 2.75) is 0 Å². The van der Waals surface area contributed by atoms with Gasteiger partial charge in [-0.2, -0.15) is 0 Å². The van der Waals surface area contributed by atoms with E-state index in [4.69, 9.17) is 11.6 Å². The molecule has 21 heavy (non-hydrogen) atoms. The highest BCUT2D eigenvalue weighted by Gasteiger charge is 2.56. The first-order valence-electron chi connectivity index (χ1n) is 7.42. The van der Waals surface area contributed by atoms with Gasteiger partial charge in [-0.3, -0.25) is 4.79 Å². The zero-order valence-electron chi connectivity index (χ0n) is 12.8. The molecule has 5 heteroatoms. The van der Waals surface area contributed by atoms with Crippen molar-refractivity contribution in [3.8, 4) is 0 Å². The minimum atomic E-state index is 0.0950. The summed E-state index contributed by atoms with van der Waals surface area (Å²) in [4.78, 5) is 16.9. The predicted octanol–water partition coefficient (Wildman–Crippen LogP) is 2.26. The van der Waals surface area contributed by atoms with Crippen LogP contribution in [0.5, 0.6) is 0 Å². The van der Waals surface area contributed by atoms with Crippen molar-refractivity contribution in [3.63, 3.8) is 0 Å². The number of fused-ring (bicyclic) bond motifs is 1. The Hall–Kier alpha value is -1.26. The van der Waals surface area contributed by atoms with E-state index < -0.39 is 0 Å². The van der Waals surface area contributed by atoms with Gasteiger partial charge in [0, 0.05) is 37.4 Å². The number of benzene rings is 1. The topological polar surface area (TPSA) is 35.6 Å². The smallest absolute Gasteiger partial charge is 0.256 e. The summed E-state index contributed by atoms with van der Waals surface area (Å²) < 4.78 is 0. The zero-order valence-corrected chi connectivity index (χ0v) is 13.5. The standard InChI is InChI=1S/C16H22ClN3O/c1-18-15-5-4-10(17)6-11(15)16(21)20-8-13-12(7-19(2)3)14(13)9-20/h4-6,12-14,18H,7-9H2,1-3H3/t12?,13-,14+. The van der Waals surface area contributed by atoms with Crippen LogP contribution in [0.25, 0.3) is 0 Å². The van der Waals surface area contributed by atoms with Crippen LogP contribution in [-0.4, -0.2) is 56.5 Å². The second-order valence-corrected chi connectivity index (χ2v) is 6.84. The quantitative estimate of drug-likeness (QED) is 0.927.